The number of thioether (sulfide) groups is 1. The van der Waals surface area contributed by atoms with Crippen LogP contribution in [0.25, 0.3) is 0 Å². The number of nitrogens with one attached hydrogen (secondary N) is 1. The average Bonchev–Trinajstić information content (AvgIpc) is 2.86. The van der Waals surface area contributed by atoms with E-state index in [1.165, 1.54) is 19.3 Å². The average molecular weight is 272 g/mol. The first-order valence-electron chi connectivity index (χ1n) is 6.86. The molecule has 1 N–H and O–H groups in total. The highest BCUT2D eigenvalue weighted by atomic mass is 32.2. The van der Waals surface area contributed by atoms with E-state index in [9.17, 15) is 4.79 Å². The van der Waals surface area contributed by atoms with E-state index in [2.05, 4.69) is 11.6 Å². The quantitative estimate of drug-likeness (QED) is 0.832. The molecule has 1 aliphatic carbocycles. The number of morpholine rings is 1. The minimum atomic E-state index is -0.0614. The van der Waals surface area contributed by atoms with Gasteiger partial charge in [-0.25, -0.2) is 0 Å². The van der Waals surface area contributed by atoms with Crippen molar-refractivity contribution in [2.45, 2.75) is 43.5 Å². The molecule has 0 bridgehead atoms. The van der Waals surface area contributed by atoms with Crippen LogP contribution in [0.15, 0.2) is 0 Å². The second-order valence-electron chi connectivity index (χ2n) is 5.19. The monoisotopic (exact) mass is 272 g/mol. The van der Waals surface area contributed by atoms with Crippen LogP contribution in [0, 0.1) is 0 Å². The normalized spacial score (nSPS) is 30.4. The van der Waals surface area contributed by atoms with Crippen molar-refractivity contribution in [3.63, 3.8) is 0 Å². The Bertz CT molecular complexity index is 282. The molecule has 0 aromatic rings. The number of carbonyl (C=O) groups is 1. The van der Waals surface area contributed by atoms with E-state index in [0.29, 0.717) is 19.3 Å². The highest BCUT2D eigenvalue weighted by molar-refractivity contribution is 7.99. The van der Waals surface area contributed by atoms with Gasteiger partial charge in [0.1, 0.15) is 0 Å². The second kappa shape index (κ2) is 6.78. The molecule has 4 nitrogen and oxygen atoms in total. The van der Waals surface area contributed by atoms with Crippen molar-refractivity contribution in [2.24, 2.45) is 0 Å². The van der Waals surface area contributed by atoms with Gasteiger partial charge in [0.25, 0.3) is 0 Å². The van der Waals surface area contributed by atoms with Gasteiger partial charge < -0.3 is 15.0 Å². The van der Waals surface area contributed by atoms with Crippen LogP contribution in [-0.4, -0.2) is 60.7 Å². The van der Waals surface area contributed by atoms with Gasteiger partial charge in [0.05, 0.1) is 19.3 Å². The van der Waals surface area contributed by atoms with E-state index in [0.717, 1.165) is 18.3 Å². The van der Waals surface area contributed by atoms with Gasteiger partial charge in [-0.05, 0) is 32.4 Å². The summed E-state index contributed by atoms with van der Waals surface area (Å²) in [6.07, 6.45) is 5.85. The molecule has 1 saturated heterocycles. The Morgan fingerprint density at radius 2 is 2.11 bits per heavy atom. The van der Waals surface area contributed by atoms with Crippen molar-refractivity contribution < 1.29 is 9.53 Å². The third-order valence-corrected chi connectivity index (χ3v) is 4.99. The Balaban J connectivity index is 1.76. The molecule has 3 atom stereocenters. The number of rotatable bonds is 4. The molecule has 2 aliphatic rings. The van der Waals surface area contributed by atoms with Crippen molar-refractivity contribution >= 4 is 17.7 Å². The van der Waals surface area contributed by atoms with Crippen LogP contribution < -0.4 is 5.32 Å². The predicted molar refractivity (Wildman–Crippen MR) is 74.9 cm³/mol. The highest BCUT2D eigenvalue weighted by Gasteiger charge is 2.28. The van der Waals surface area contributed by atoms with E-state index in [-0.39, 0.29) is 11.9 Å². The molecule has 1 heterocycles. The molecule has 0 radical (unpaired) electrons. The van der Waals surface area contributed by atoms with Gasteiger partial charge in [0.2, 0.25) is 5.91 Å². The molecule has 2 fully saturated rings. The number of nitrogens with zero attached hydrogens (tertiary/aromatic N) is 1. The fourth-order valence-corrected chi connectivity index (χ4v) is 3.58. The number of hydrogen-bond acceptors (Lipinski definition) is 4. The standard InChI is InChI=1S/C13H24N2O2S/c1-10(13(16)15-5-7-17-8-6-15)14-11-3-4-12(9-11)18-2/h10-12,14H,3-9H2,1-2H3. The topological polar surface area (TPSA) is 41.6 Å². The lowest BCUT2D eigenvalue weighted by molar-refractivity contribution is -0.137. The molecule has 0 aromatic carbocycles. The van der Waals surface area contributed by atoms with E-state index in [4.69, 9.17) is 4.74 Å². The Morgan fingerprint density at radius 3 is 2.72 bits per heavy atom. The molecule has 0 spiro atoms. The number of carbonyl (C=O) groups excluding carboxylic acids is 1. The van der Waals surface area contributed by atoms with Crippen LogP contribution in [0.4, 0.5) is 0 Å². The lowest BCUT2D eigenvalue weighted by Crippen LogP contribution is -2.51. The van der Waals surface area contributed by atoms with Crippen molar-refractivity contribution in [2.75, 3.05) is 32.6 Å². The molecule has 0 aromatic heterocycles. The molecule has 3 unspecified atom stereocenters. The largest absolute Gasteiger partial charge is 0.378 e. The van der Waals surface area contributed by atoms with Crippen LogP contribution in [0.2, 0.25) is 0 Å². The maximum absolute atomic E-state index is 12.2. The summed E-state index contributed by atoms with van der Waals surface area (Å²) in [5, 5.41) is 4.27. The van der Waals surface area contributed by atoms with Crippen LogP contribution in [0.3, 0.4) is 0 Å². The first kappa shape index (κ1) is 14.2. The minimum Gasteiger partial charge on any atom is -0.378 e. The van der Waals surface area contributed by atoms with E-state index in [1.807, 2.05) is 23.6 Å². The number of ether oxygens (including phenoxy) is 1. The number of hydrogen-bond donors (Lipinski definition) is 1. The lowest BCUT2D eigenvalue weighted by atomic mass is 10.2. The zero-order valence-electron chi connectivity index (χ0n) is 11.4. The molecule has 1 amide bonds. The summed E-state index contributed by atoms with van der Waals surface area (Å²) in [6, 6.07) is 0.455. The molecular formula is C13H24N2O2S. The van der Waals surface area contributed by atoms with Gasteiger partial charge in [0, 0.05) is 24.4 Å². The summed E-state index contributed by atoms with van der Waals surface area (Å²) in [7, 11) is 0. The second-order valence-corrected chi connectivity index (χ2v) is 6.33. The van der Waals surface area contributed by atoms with Gasteiger partial charge in [-0.1, -0.05) is 0 Å². The van der Waals surface area contributed by atoms with Gasteiger partial charge in [-0.2, -0.15) is 11.8 Å². The molecule has 2 rings (SSSR count). The molecule has 5 heteroatoms. The van der Waals surface area contributed by atoms with Gasteiger partial charge in [0.15, 0.2) is 0 Å². The fraction of sp³-hybridized carbons (Fsp3) is 0.923. The van der Waals surface area contributed by atoms with E-state index in [1.54, 1.807) is 0 Å². The smallest absolute Gasteiger partial charge is 0.239 e. The number of amides is 1. The van der Waals surface area contributed by atoms with Crippen molar-refractivity contribution in [3.05, 3.63) is 0 Å². The zero-order valence-corrected chi connectivity index (χ0v) is 12.2. The first-order valence-corrected chi connectivity index (χ1v) is 8.15. The third-order valence-electron chi connectivity index (χ3n) is 3.90. The first-order chi connectivity index (χ1) is 8.70. The summed E-state index contributed by atoms with van der Waals surface area (Å²) in [5.74, 6) is 0.228. The summed E-state index contributed by atoms with van der Waals surface area (Å²) in [6.45, 7) is 4.82. The maximum atomic E-state index is 12.2. The third kappa shape index (κ3) is 3.62. The summed E-state index contributed by atoms with van der Waals surface area (Å²) < 4.78 is 5.27. The maximum Gasteiger partial charge on any atom is 0.239 e. The Labute approximate surface area is 114 Å². The Morgan fingerprint density at radius 1 is 1.39 bits per heavy atom. The Kier molecular flexibility index (Phi) is 5.33. The molecule has 1 saturated carbocycles. The van der Waals surface area contributed by atoms with Crippen LogP contribution in [0.5, 0.6) is 0 Å². The minimum absolute atomic E-state index is 0.0614. The highest BCUT2D eigenvalue weighted by Crippen LogP contribution is 2.28. The molecule has 1 aliphatic heterocycles. The van der Waals surface area contributed by atoms with Crippen molar-refractivity contribution in [3.8, 4) is 0 Å². The molecular weight excluding hydrogens is 248 g/mol. The van der Waals surface area contributed by atoms with Crippen LogP contribution in [-0.2, 0) is 9.53 Å². The summed E-state index contributed by atoms with van der Waals surface area (Å²) in [5.41, 5.74) is 0. The lowest BCUT2D eigenvalue weighted by Gasteiger charge is -2.30. The van der Waals surface area contributed by atoms with Gasteiger partial charge in [-0.3, -0.25) is 4.79 Å². The van der Waals surface area contributed by atoms with Gasteiger partial charge >= 0.3 is 0 Å². The van der Waals surface area contributed by atoms with Crippen molar-refractivity contribution in [1.82, 2.24) is 10.2 Å². The van der Waals surface area contributed by atoms with E-state index >= 15 is 0 Å². The molecule has 104 valence electrons. The van der Waals surface area contributed by atoms with Gasteiger partial charge in [-0.15, -0.1) is 0 Å². The Hall–Kier alpha value is -0.260. The molecule has 18 heavy (non-hydrogen) atoms. The summed E-state index contributed by atoms with van der Waals surface area (Å²) >= 11 is 1.95. The SMILES string of the molecule is CSC1CCC(NC(C)C(=O)N2CCOCC2)C1. The fourth-order valence-electron chi connectivity index (χ4n) is 2.79. The zero-order chi connectivity index (χ0) is 13.0. The van der Waals surface area contributed by atoms with E-state index < -0.39 is 0 Å². The van der Waals surface area contributed by atoms with Crippen molar-refractivity contribution in [1.29, 1.82) is 0 Å². The predicted octanol–water partition coefficient (Wildman–Crippen LogP) is 1.11. The van der Waals surface area contributed by atoms with Crippen LogP contribution in [0.1, 0.15) is 26.2 Å². The van der Waals surface area contributed by atoms with Crippen LogP contribution >= 0.6 is 11.8 Å². The summed E-state index contributed by atoms with van der Waals surface area (Å²) in [4.78, 5) is 14.2.